The Morgan fingerprint density at radius 3 is 1.33 bits per heavy atom. The molecular formula is C11H21F. The Balaban J connectivity index is 2.13. The molecule has 0 aromatic heterocycles. The summed E-state index contributed by atoms with van der Waals surface area (Å²) in [4.78, 5) is 0. The fraction of sp³-hybridized carbons (Fsp3) is 1.00. The zero-order chi connectivity index (χ0) is 8.65. The predicted octanol–water partition coefficient (Wildman–Crippen LogP) is 4.24. The number of rotatable bonds is 0. The molecule has 0 radical (unpaired) electrons. The summed E-state index contributed by atoms with van der Waals surface area (Å²) in [6.45, 7) is 0. The summed E-state index contributed by atoms with van der Waals surface area (Å²) in [5.41, 5.74) is 0. The SMILES string of the molecule is FC1CCCCCCCCCC1. The van der Waals surface area contributed by atoms with Gasteiger partial charge in [-0.1, -0.05) is 51.4 Å². The van der Waals surface area contributed by atoms with Gasteiger partial charge >= 0.3 is 0 Å². The van der Waals surface area contributed by atoms with E-state index >= 15 is 0 Å². The Bertz CT molecular complexity index is 89.2. The molecule has 1 heteroatoms. The lowest BCUT2D eigenvalue weighted by molar-refractivity contribution is 0.282. The topological polar surface area (TPSA) is 0 Å². The standard InChI is InChI=1S/C11H21F/c12-11-9-7-5-3-1-2-4-6-8-10-11/h11H,1-10H2. The summed E-state index contributed by atoms with van der Waals surface area (Å²) < 4.78 is 13.1. The van der Waals surface area contributed by atoms with Gasteiger partial charge in [0.25, 0.3) is 0 Å². The first kappa shape index (κ1) is 10.0. The molecule has 0 N–H and O–H groups in total. The van der Waals surface area contributed by atoms with Crippen LogP contribution >= 0.6 is 0 Å². The van der Waals surface area contributed by atoms with E-state index in [1.165, 1.54) is 38.5 Å². The summed E-state index contributed by atoms with van der Waals surface area (Å²) in [6.07, 6.45) is 11.3. The van der Waals surface area contributed by atoms with Crippen molar-refractivity contribution in [2.45, 2.75) is 70.4 Å². The summed E-state index contributed by atoms with van der Waals surface area (Å²) in [7, 11) is 0. The van der Waals surface area contributed by atoms with Crippen molar-refractivity contribution in [3.63, 3.8) is 0 Å². The Hall–Kier alpha value is -0.0700. The molecule has 0 aliphatic heterocycles. The average molecular weight is 172 g/mol. The molecule has 1 aliphatic carbocycles. The third-order valence-electron chi connectivity index (χ3n) is 2.78. The molecular weight excluding hydrogens is 151 g/mol. The molecule has 0 aromatic rings. The van der Waals surface area contributed by atoms with Crippen LogP contribution in [0.4, 0.5) is 4.39 Å². The average Bonchev–Trinajstić information content (AvgIpc) is 2.11. The van der Waals surface area contributed by atoms with E-state index in [0.29, 0.717) is 0 Å². The Morgan fingerprint density at radius 2 is 0.917 bits per heavy atom. The number of hydrogen-bond donors (Lipinski definition) is 0. The third kappa shape index (κ3) is 4.74. The highest BCUT2D eigenvalue weighted by molar-refractivity contribution is 4.59. The van der Waals surface area contributed by atoms with Gasteiger partial charge in [-0.3, -0.25) is 0 Å². The van der Waals surface area contributed by atoms with Gasteiger partial charge in [-0.15, -0.1) is 0 Å². The molecule has 1 fully saturated rings. The van der Waals surface area contributed by atoms with Crippen LogP contribution in [0.3, 0.4) is 0 Å². The molecule has 72 valence electrons. The molecule has 0 saturated heterocycles. The first-order valence-electron chi connectivity index (χ1n) is 5.53. The second kappa shape index (κ2) is 6.45. The van der Waals surface area contributed by atoms with E-state index in [-0.39, 0.29) is 0 Å². The van der Waals surface area contributed by atoms with Gasteiger partial charge in [0, 0.05) is 0 Å². The van der Waals surface area contributed by atoms with Crippen molar-refractivity contribution in [2.24, 2.45) is 0 Å². The van der Waals surface area contributed by atoms with Crippen LogP contribution in [0, 0.1) is 0 Å². The summed E-state index contributed by atoms with van der Waals surface area (Å²) in [5.74, 6) is 0. The van der Waals surface area contributed by atoms with Gasteiger partial charge in [-0.2, -0.15) is 0 Å². The van der Waals surface area contributed by atoms with E-state index in [2.05, 4.69) is 0 Å². The van der Waals surface area contributed by atoms with Crippen LogP contribution in [-0.4, -0.2) is 6.17 Å². The van der Waals surface area contributed by atoms with Crippen molar-refractivity contribution in [2.75, 3.05) is 0 Å². The lowest BCUT2D eigenvalue weighted by Crippen LogP contribution is -1.99. The molecule has 1 rings (SSSR count). The van der Waals surface area contributed by atoms with E-state index < -0.39 is 6.17 Å². The first-order valence-corrected chi connectivity index (χ1v) is 5.53. The summed E-state index contributed by atoms with van der Waals surface area (Å²) >= 11 is 0. The molecule has 1 aliphatic rings. The van der Waals surface area contributed by atoms with Gasteiger partial charge in [0.15, 0.2) is 0 Å². The van der Waals surface area contributed by atoms with E-state index in [0.717, 1.165) is 25.7 Å². The number of hydrogen-bond acceptors (Lipinski definition) is 0. The highest BCUT2D eigenvalue weighted by atomic mass is 19.1. The minimum Gasteiger partial charge on any atom is -0.247 e. The van der Waals surface area contributed by atoms with Crippen LogP contribution < -0.4 is 0 Å². The largest absolute Gasteiger partial charge is 0.247 e. The molecule has 0 amide bonds. The fourth-order valence-corrected chi connectivity index (χ4v) is 1.94. The van der Waals surface area contributed by atoms with E-state index in [4.69, 9.17) is 0 Å². The van der Waals surface area contributed by atoms with E-state index in [1.54, 1.807) is 0 Å². The second-order valence-corrected chi connectivity index (χ2v) is 4.00. The zero-order valence-electron chi connectivity index (χ0n) is 8.03. The Morgan fingerprint density at radius 1 is 0.583 bits per heavy atom. The quantitative estimate of drug-likeness (QED) is 0.512. The van der Waals surface area contributed by atoms with Crippen LogP contribution in [0.2, 0.25) is 0 Å². The Kier molecular flexibility index (Phi) is 5.38. The maximum Gasteiger partial charge on any atom is 0.100 e. The molecule has 0 heterocycles. The fourth-order valence-electron chi connectivity index (χ4n) is 1.94. The van der Waals surface area contributed by atoms with Gasteiger partial charge in [-0.05, 0) is 12.8 Å². The van der Waals surface area contributed by atoms with Crippen molar-refractivity contribution in [3.05, 3.63) is 0 Å². The number of alkyl halides is 1. The van der Waals surface area contributed by atoms with Gasteiger partial charge in [0.05, 0.1) is 0 Å². The molecule has 1 saturated carbocycles. The van der Waals surface area contributed by atoms with Gasteiger partial charge in [-0.25, -0.2) is 4.39 Å². The van der Waals surface area contributed by atoms with Gasteiger partial charge in [0.2, 0.25) is 0 Å². The minimum absolute atomic E-state index is 0.497. The monoisotopic (exact) mass is 172 g/mol. The van der Waals surface area contributed by atoms with Gasteiger partial charge < -0.3 is 0 Å². The maximum absolute atomic E-state index is 13.1. The van der Waals surface area contributed by atoms with Crippen LogP contribution in [-0.2, 0) is 0 Å². The van der Waals surface area contributed by atoms with Gasteiger partial charge in [0.1, 0.15) is 6.17 Å². The van der Waals surface area contributed by atoms with Crippen LogP contribution in [0.5, 0.6) is 0 Å². The minimum atomic E-state index is -0.497. The van der Waals surface area contributed by atoms with Crippen LogP contribution in [0.15, 0.2) is 0 Å². The third-order valence-corrected chi connectivity index (χ3v) is 2.78. The second-order valence-electron chi connectivity index (χ2n) is 4.00. The normalized spacial score (nSPS) is 24.8. The highest BCUT2D eigenvalue weighted by Gasteiger charge is 2.06. The lowest BCUT2D eigenvalue weighted by Gasteiger charge is -2.05. The van der Waals surface area contributed by atoms with Crippen molar-refractivity contribution in [1.82, 2.24) is 0 Å². The van der Waals surface area contributed by atoms with Crippen LogP contribution in [0.25, 0.3) is 0 Å². The van der Waals surface area contributed by atoms with Crippen molar-refractivity contribution < 1.29 is 4.39 Å². The van der Waals surface area contributed by atoms with E-state index in [1.807, 2.05) is 0 Å². The van der Waals surface area contributed by atoms with E-state index in [9.17, 15) is 4.39 Å². The molecule has 0 unspecified atom stereocenters. The molecule has 0 bridgehead atoms. The van der Waals surface area contributed by atoms with Crippen molar-refractivity contribution >= 4 is 0 Å². The molecule has 0 atom stereocenters. The zero-order valence-corrected chi connectivity index (χ0v) is 8.03. The summed E-state index contributed by atoms with van der Waals surface area (Å²) in [6, 6.07) is 0. The Labute approximate surface area is 75.5 Å². The highest BCUT2D eigenvalue weighted by Crippen LogP contribution is 2.18. The first-order chi connectivity index (χ1) is 5.89. The molecule has 0 nitrogen and oxygen atoms in total. The molecule has 0 spiro atoms. The van der Waals surface area contributed by atoms with Crippen LogP contribution in [0.1, 0.15) is 64.2 Å². The number of halogens is 1. The predicted molar refractivity (Wildman–Crippen MR) is 51.1 cm³/mol. The van der Waals surface area contributed by atoms with Crippen molar-refractivity contribution in [3.8, 4) is 0 Å². The smallest absolute Gasteiger partial charge is 0.100 e. The molecule has 0 aromatic carbocycles. The lowest BCUT2D eigenvalue weighted by atomic mass is 10.1. The summed E-state index contributed by atoms with van der Waals surface area (Å²) in [5, 5.41) is 0. The van der Waals surface area contributed by atoms with Crippen molar-refractivity contribution in [1.29, 1.82) is 0 Å². The maximum atomic E-state index is 13.1. The molecule has 12 heavy (non-hydrogen) atoms.